The lowest BCUT2D eigenvalue weighted by Crippen LogP contribution is -2.14. The average molecular weight is 361 g/mol. The maximum atomic E-state index is 12.7. The Balaban J connectivity index is 1.98. The molecule has 0 radical (unpaired) electrons. The number of hydrogen-bond acceptors (Lipinski definition) is 1. The molecule has 1 aliphatic carbocycles. The van der Waals surface area contributed by atoms with Crippen molar-refractivity contribution >= 4 is 33.4 Å². The van der Waals surface area contributed by atoms with E-state index in [0.29, 0.717) is 0 Å². The molecule has 0 atom stereocenters. The number of benzene rings is 3. The van der Waals surface area contributed by atoms with E-state index in [1.165, 1.54) is 0 Å². The average Bonchev–Trinajstić information content (AvgIpc) is 2.60. The fourth-order valence-electron chi connectivity index (χ4n) is 3.00. The second-order valence-corrected chi connectivity index (χ2v) is 6.45. The van der Waals surface area contributed by atoms with Crippen molar-refractivity contribution in [2.75, 3.05) is 0 Å². The monoisotopic (exact) mass is 360 g/mol. The molecular formula is C21H13BrO. The molecule has 1 nitrogen and oxygen atoms in total. The van der Waals surface area contributed by atoms with E-state index in [1.807, 2.05) is 60.7 Å². The minimum atomic E-state index is 0.101. The fraction of sp³-hybridized carbons (Fsp3) is 0. The van der Waals surface area contributed by atoms with Gasteiger partial charge in [0.15, 0.2) is 5.78 Å². The van der Waals surface area contributed by atoms with Gasteiger partial charge < -0.3 is 0 Å². The van der Waals surface area contributed by atoms with Crippen molar-refractivity contribution in [2.45, 2.75) is 0 Å². The summed E-state index contributed by atoms with van der Waals surface area (Å²) in [6.45, 7) is 0. The van der Waals surface area contributed by atoms with Crippen molar-refractivity contribution in [1.82, 2.24) is 0 Å². The van der Waals surface area contributed by atoms with Gasteiger partial charge in [-0.05, 0) is 40.5 Å². The molecular weight excluding hydrogens is 348 g/mol. The van der Waals surface area contributed by atoms with Crippen LogP contribution in [0.4, 0.5) is 0 Å². The molecule has 3 aromatic carbocycles. The quantitative estimate of drug-likeness (QED) is 0.432. The van der Waals surface area contributed by atoms with Crippen molar-refractivity contribution in [3.63, 3.8) is 0 Å². The van der Waals surface area contributed by atoms with Gasteiger partial charge in [-0.1, -0.05) is 76.6 Å². The number of carbonyl (C=O) groups excluding carboxylic acids is 1. The second-order valence-electron chi connectivity index (χ2n) is 5.53. The summed E-state index contributed by atoms with van der Waals surface area (Å²) in [4.78, 5) is 12.7. The van der Waals surface area contributed by atoms with Crippen LogP contribution in [-0.2, 0) is 0 Å². The first-order valence-electron chi connectivity index (χ1n) is 7.45. The number of hydrogen-bond donors (Lipinski definition) is 0. The Morgan fingerprint density at radius 3 is 1.65 bits per heavy atom. The molecule has 0 heterocycles. The Morgan fingerprint density at radius 1 is 0.652 bits per heavy atom. The lowest BCUT2D eigenvalue weighted by molar-refractivity contribution is 0.103. The number of halogens is 1. The zero-order chi connectivity index (χ0) is 15.8. The molecule has 2 heteroatoms. The predicted octanol–water partition coefficient (Wildman–Crippen LogP) is 5.58. The molecule has 23 heavy (non-hydrogen) atoms. The molecule has 0 fully saturated rings. The van der Waals surface area contributed by atoms with Crippen LogP contribution in [-0.4, -0.2) is 5.78 Å². The van der Waals surface area contributed by atoms with E-state index in [9.17, 15) is 4.79 Å². The number of ketones is 1. The van der Waals surface area contributed by atoms with Crippen LogP contribution in [0.25, 0.3) is 11.6 Å². The summed E-state index contributed by atoms with van der Waals surface area (Å²) in [5.74, 6) is 0.101. The fourth-order valence-corrected chi connectivity index (χ4v) is 3.27. The lowest BCUT2D eigenvalue weighted by atomic mass is 9.81. The highest BCUT2D eigenvalue weighted by Gasteiger charge is 2.25. The molecule has 0 unspecified atom stereocenters. The van der Waals surface area contributed by atoms with E-state index in [1.54, 1.807) is 0 Å². The van der Waals surface area contributed by atoms with Crippen LogP contribution in [0.2, 0.25) is 0 Å². The number of rotatable bonds is 1. The minimum Gasteiger partial charge on any atom is -0.289 e. The second kappa shape index (κ2) is 5.64. The van der Waals surface area contributed by atoms with E-state index >= 15 is 0 Å². The van der Waals surface area contributed by atoms with Gasteiger partial charge in [-0.2, -0.15) is 0 Å². The molecule has 0 aliphatic heterocycles. The van der Waals surface area contributed by atoms with Gasteiger partial charge >= 0.3 is 0 Å². The Morgan fingerprint density at radius 2 is 1.13 bits per heavy atom. The van der Waals surface area contributed by atoms with Gasteiger partial charge in [-0.25, -0.2) is 0 Å². The number of carbonyl (C=O) groups is 1. The highest BCUT2D eigenvalue weighted by molar-refractivity contribution is 9.10. The normalized spacial score (nSPS) is 12.6. The SMILES string of the molecule is O=C1c2ccccc2C(=Cc2ccc(Br)cc2)c2ccccc21. The number of fused-ring (bicyclic) bond motifs is 2. The van der Waals surface area contributed by atoms with Crippen LogP contribution in [0, 0.1) is 0 Å². The van der Waals surface area contributed by atoms with Crippen molar-refractivity contribution in [1.29, 1.82) is 0 Å². The Labute approximate surface area is 143 Å². The molecule has 110 valence electrons. The first-order chi connectivity index (χ1) is 11.2. The molecule has 0 saturated carbocycles. The van der Waals surface area contributed by atoms with E-state index in [-0.39, 0.29) is 5.78 Å². The predicted molar refractivity (Wildman–Crippen MR) is 97.4 cm³/mol. The first-order valence-corrected chi connectivity index (χ1v) is 8.24. The molecule has 0 aromatic heterocycles. The van der Waals surface area contributed by atoms with Crippen LogP contribution >= 0.6 is 15.9 Å². The third-order valence-corrected chi connectivity index (χ3v) is 4.63. The van der Waals surface area contributed by atoms with Crippen LogP contribution in [0.15, 0.2) is 77.3 Å². The zero-order valence-corrected chi connectivity index (χ0v) is 13.9. The van der Waals surface area contributed by atoms with Crippen LogP contribution in [0.1, 0.15) is 32.6 Å². The first kappa shape index (κ1) is 14.2. The third kappa shape index (κ3) is 2.45. The van der Waals surface area contributed by atoms with Crippen molar-refractivity contribution in [2.24, 2.45) is 0 Å². The molecule has 0 bridgehead atoms. The molecule has 4 rings (SSSR count). The highest BCUT2D eigenvalue weighted by atomic mass is 79.9. The summed E-state index contributed by atoms with van der Waals surface area (Å²) in [6.07, 6.45) is 2.15. The lowest BCUT2D eigenvalue weighted by Gasteiger charge is -2.21. The van der Waals surface area contributed by atoms with E-state index in [4.69, 9.17) is 0 Å². The molecule has 0 saturated heterocycles. The molecule has 3 aromatic rings. The van der Waals surface area contributed by atoms with Gasteiger partial charge in [0.25, 0.3) is 0 Å². The zero-order valence-electron chi connectivity index (χ0n) is 12.3. The summed E-state index contributed by atoms with van der Waals surface area (Å²) in [5.41, 5.74) is 5.75. The maximum absolute atomic E-state index is 12.7. The summed E-state index contributed by atoms with van der Waals surface area (Å²) < 4.78 is 1.05. The Hall–Kier alpha value is -2.45. The van der Waals surface area contributed by atoms with Gasteiger partial charge in [0.2, 0.25) is 0 Å². The summed E-state index contributed by atoms with van der Waals surface area (Å²) >= 11 is 3.46. The van der Waals surface area contributed by atoms with E-state index in [2.05, 4.69) is 34.1 Å². The van der Waals surface area contributed by atoms with Gasteiger partial charge in [0.05, 0.1) is 0 Å². The van der Waals surface area contributed by atoms with E-state index < -0.39 is 0 Å². The maximum Gasteiger partial charge on any atom is 0.194 e. The van der Waals surface area contributed by atoms with Crippen molar-refractivity contribution in [3.8, 4) is 0 Å². The van der Waals surface area contributed by atoms with Crippen LogP contribution in [0.3, 0.4) is 0 Å². The van der Waals surface area contributed by atoms with E-state index in [0.717, 1.165) is 37.9 Å². The summed E-state index contributed by atoms with van der Waals surface area (Å²) in [5, 5.41) is 0. The Kier molecular flexibility index (Phi) is 3.47. The largest absolute Gasteiger partial charge is 0.289 e. The molecule has 0 amide bonds. The van der Waals surface area contributed by atoms with Crippen LogP contribution < -0.4 is 0 Å². The smallest absolute Gasteiger partial charge is 0.194 e. The van der Waals surface area contributed by atoms with Gasteiger partial charge in [0.1, 0.15) is 0 Å². The standard InChI is InChI=1S/C21H13BrO/c22-15-11-9-14(10-12-15)13-20-16-5-1-3-7-18(16)21(23)19-8-4-2-6-17(19)20/h1-13H. The molecule has 1 aliphatic rings. The highest BCUT2D eigenvalue weighted by Crippen LogP contribution is 2.36. The van der Waals surface area contributed by atoms with Gasteiger partial charge in [-0.3, -0.25) is 4.79 Å². The van der Waals surface area contributed by atoms with Crippen molar-refractivity contribution < 1.29 is 4.79 Å². The van der Waals surface area contributed by atoms with Gasteiger partial charge in [0, 0.05) is 15.6 Å². The molecule has 0 N–H and O–H groups in total. The minimum absolute atomic E-state index is 0.101. The molecule has 0 spiro atoms. The van der Waals surface area contributed by atoms with Crippen LogP contribution in [0.5, 0.6) is 0 Å². The van der Waals surface area contributed by atoms with Gasteiger partial charge in [-0.15, -0.1) is 0 Å². The topological polar surface area (TPSA) is 17.1 Å². The van der Waals surface area contributed by atoms with Crippen molar-refractivity contribution in [3.05, 3.63) is 105 Å². The summed E-state index contributed by atoms with van der Waals surface area (Å²) in [6, 6.07) is 23.8. The third-order valence-electron chi connectivity index (χ3n) is 4.10. The summed E-state index contributed by atoms with van der Waals surface area (Å²) in [7, 11) is 0. The Bertz CT molecular complexity index is 885.